The van der Waals surface area contributed by atoms with Crippen molar-refractivity contribution in [1.82, 2.24) is 0 Å². The Morgan fingerprint density at radius 1 is 1.00 bits per heavy atom. The first kappa shape index (κ1) is 20.5. The van der Waals surface area contributed by atoms with Crippen LogP contribution in [0.15, 0.2) is 58.5 Å². The highest BCUT2D eigenvalue weighted by Gasteiger charge is 2.49. The zero-order chi connectivity index (χ0) is 22.4. The molecule has 0 spiro atoms. The van der Waals surface area contributed by atoms with Gasteiger partial charge in [0.25, 0.3) is 11.7 Å². The Kier molecular flexibility index (Phi) is 4.97. The second kappa shape index (κ2) is 7.50. The first-order valence-electron chi connectivity index (χ1n) is 9.59. The van der Waals surface area contributed by atoms with Crippen LogP contribution in [-0.2, 0) is 9.59 Å². The molecular formula is C24H19F2NO4. The number of ketones is 1. The van der Waals surface area contributed by atoms with Gasteiger partial charge in [-0.3, -0.25) is 14.5 Å². The molecule has 2 aromatic carbocycles. The molecule has 1 saturated heterocycles. The zero-order valence-corrected chi connectivity index (χ0v) is 17.1. The second-order valence-corrected chi connectivity index (χ2v) is 7.53. The van der Waals surface area contributed by atoms with Crippen molar-refractivity contribution >= 4 is 23.1 Å². The minimum atomic E-state index is -1.26. The average Bonchev–Trinajstić information content (AvgIpc) is 3.26. The third-order valence-electron chi connectivity index (χ3n) is 5.29. The van der Waals surface area contributed by atoms with E-state index in [4.69, 9.17) is 4.42 Å². The molecule has 0 saturated carbocycles. The van der Waals surface area contributed by atoms with Gasteiger partial charge in [0, 0.05) is 11.6 Å². The number of carbonyl (C=O) groups excluding carboxylic acids is 2. The first-order chi connectivity index (χ1) is 14.7. The van der Waals surface area contributed by atoms with E-state index in [0.717, 1.165) is 28.7 Å². The van der Waals surface area contributed by atoms with Gasteiger partial charge in [-0.25, -0.2) is 8.78 Å². The van der Waals surface area contributed by atoms with Crippen LogP contribution in [0.4, 0.5) is 14.5 Å². The maximum atomic E-state index is 14.6. The highest BCUT2D eigenvalue weighted by Crippen LogP contribution is 2.43. The minimum Gasteiger partial charge on any atom is -0.507 e. The Morgan fingerprint density at radius 2 is 1.74 bits per heavy atom. The number of hydrogen-bond acceptors (Lipinski definition) is 4. The molecule has 7 heteroatoms. The van der Waals surface area contributed by atoms with Crippen LogP contribution in [-0.4, -0.2) is 16.8 Å². The van der Waals surface area contributed by atoms with Crippen LogP contribution < -0.4 is 4.90 Å². The van der Waals surface area contributed by atoms with Crippen LogP contribution in [0.2, 0.25) is 0 Å². The number of carbonyl (C=O) groups is 2. The van der Waals surface area contributed by atoms with Crippen LogP contribution in [0.25, 0.3) is 5.76 Å². The molecule has 1 aromatic heterocycles. The number of amides is 1. The fourth-order valence-corrected chi connectivity index (χ4v) is 3.76. The number of hydrogen-bond donors (Lipinski definition) is 1. The number of anilines is 1. The minimum absolute atomic E-state index is 0.146. The smallest absolute Gasteiger partial charge is 0.300 e. The van der Waals surface area contributed by atoms with Gasteiger partial charge in [0.15, 0.2) is 0 Å². The first-order valence-corrected chi connectivity index (χ1v) is 9.59. The van der Waals surface area contributed by atoms with Gasteiger partial charge >= 0.3 is 0 Å². The summed E-state index contributed by atoms with van der Waals surface area (Å²) in [7, 11) is 0. The van der Waals surface area contributed by atoms with E-state index in [1.807, 2.05) is 13.0 Å². The van der Waals surface area contributed by atoms with Crippen molar-refractivity contribution in [1.29, 1.82) is 0 Å². The molecule has 1 N–H and O–H groups in total. The van der Waals surface area contributed by atoms with Crippen molar-refractivity contribution in [2.75, 3.05) is 4.90 Å². The second-order valence-electron chi connectivity index (χ2n) is 7.53. The van der Waals surface area contributed by atoms with E-state index >= 15 is 0 Å². The number of Topliss-reactive ketones (excluding diaryl/α,β-unsaturated/α-hetero) is 1. The Bertz CT molecular complexity index is 1260. The van der Waals surface area contributed by atoms with Gasteiger partial charge in [-0.05, 0) is 56.7 Å². The third kappa shape index (κ3) is 3.42. The summed E-state index contributed by atoms with van der Waals surface area (Å²) in [6, 6.07) is 9.83. The summed E-state index contributed by atoms with van der Waals surface area (Å²) in [5, 5.41) is 11.1. The van der Waals surface area contributed by atoms with E-state index in [1.54, 1.807) is 32.0 Å². The number of rotatable bonds is 3. The Balaban J connectivity index is 2.01. The summed E-state index contributed by atoms with van der Waals surface area (Å²) in [5.41, 5.74) is 1.22. The van der Waals surface area contributed by atoms with Gasteiger partial charge in [0.05, 0.1) is 11.3 Å². The maximum absolute atomic E-state index is 14.6. The van der Waals surface area contributed by atoms with Crippen LogP contribution >= 0.6 is 0 Å². The van der Waals surface area contributed by atoms with E-state index in [0.29, 0.717) is 16.9 Å². The van der Waals surface area contributed by atoms with E-state index < -0.39 is 40.8 Å². The summed E-state index contributed by atoms with van der Waals surface area (Å²) in [5.74, 6) is -3.53. The lowest BCUT2D eigenvalue weighted by molar-refractivity contribution is -0.132. The molecule has 4 rings (SSSR count). The summed E-state index contributed by atoms with van der Waals surface area (Å²) in [4.78, 5) is 26.8. The van der Waals surface area contributed by atoms with Crippen LogP contribution in [0.5, 0.6) is 0 Å². The number of aliphatic hydroxyl groups is 1. The zero-order valence-electron chi connectivity index (χ0n) is 17.1. The fraction of sp³-hybridized carbons (Fsp3) is 0.167. The van der Waals surface area contributed by atoms with Gasteiger partial charge < -0.3 is 9.52 Å². The summed E-state index contributed by atoms with van der Waals surface area (Å²) >= 11 is 0. The molecule has 3 aromatic rings. The number of benzene rings is 2. The van der Waals surface area contributed by atoms with Crippen LogP contribution in [0, 0.1) is 32.4 Å². The van der Waals surface area contributed by atoms with E-state index in [1.165, 1.54) is 6.07 Å². The number of aliphatic hydroxyl groups excluding tert-OH is 1. The number of halogens is 2. The molecule has 0 bridgehead atoms. The normalized spacial score (nSPS) is 18.1. The Labute approximate surface area is 177 Å². The molecule has 0 aliphatic carbocycles. The van der Waals surface area contributed by atoms with Gasteiger partial charge in [-0.1, -0.05) is 17.7 Å². The number of aryl methyl sites for hydroxylation is 3. The van der Waals surface area contributed by atoms with Crippen molar-refractivity contribution < 1.29 is 27.9 Å². The van der Waals surface area contributed by atoms with Crippen molar-refractivity contribution in [3.05, 3.63) is 93.9 Å². The predicted octanol–water partition coefficient (Wildman–Crippen LogP) is 5.11. The molecule has 31 heavy (non-hydrogen) atoms. The molecule has 2 heterocycles. The molecule has 1 unspecified atom stereocenters. The summed E-state index contributed by atoms with van der Waals surface area (Å²) in [6.07, 6.45) is 0. The number of nitrogens with zero attached hydrogens (tertiary/aromatic N) is 1. The molecule has 0 radical (unpaired) electrons. The largest absolute Gasteiger partial charge is 0.507 e. The van der Waals surface area contributed by atoms with E-state index in [2.05, 4.69) is 0 Å². The van der Waals surface area contributed by atoms with Crippen molar-refractivity contribution in [2.45, 2.75) is 26.8 Å². The van der Waals surface area contributed by atoms with E-state index in [-0.39, 0.29) is 11.3 Å². The van der Waals surface area contributed by atoms with Gasteiger partial charge in [0.2, 0.25) is 0 Å². The molecule has 1 fully saturated rings. The SMILES string of the molecule is Cc1ccc(C)c(/C(O)=C2/C(=O)C(=O)N(c3cc(F)ccc3F)C2c2ccc(C)o2)c1. The third-order valence-corrected chi connectivity index (χ3v) is 5.29. The lowest BCUT2D eigenvalue weighted by atomic mass is 9.96. The van der Waals surface area contributed by atoms with Crippen molar-refractivity contribution in [3.8, 4) is 0 Å². The average molecular weight is 423 g/mol. The topological polar surface area (TPSA) is 70.8 Å². The molecule has 158 valence electrons. The maximum Gasteiger partial charge on any atom is 0.300 e. The van der Waals surface area contributed by atoms with Crippen molar-refractivity contribution in [2.24, 2.45) is 0 Å². The standard InChI is InChI=1S/C24H19F2NO4/c1-12-4-5-13(2)16(10-12)22(28)20-21(19-9-6-14(3)31-19)27(24(30)23(20)29)18-11-15(25)7-8-17(18)26/h4-11,21,28H,1-3H3/b22-20-. The Hall–Kier alpha value is -3.74. The summed E-state index contributed by atoms with van der Waals surface area (Å²) in [6.45, 7) is 5.25. The van der Waals surface area contributed by atoms with Crippen LogP contribution in [0.3, 0.4) is 0 Å². The molecule has 1 amide bonds. The van der Waals surface area contributed by atoms with E-state index in [9.17, 15) is 23.5 Å². The molecule has 1 aliphatic rings. The molecular weight excluding hydrogens is 404 g/mol. The quantitative estimate of drug-likeness (QED) is 0.361. The van der Waals surface area contributed by atoms with Gasteiger partial charge in [0.1, 0.15) is 35.0 Å². The molecule has 1 aliphatic heterocycles. The highest BCUT2D eigenvalue weighted by molar-refractivity contribution is 6.51. The lowest BCUT2D eigenvalue weighted by Crippen LogP contribution is -2.30. The van der Waals surface area contributed by atoms with Crippen molar-refractivity contribution in [3.63, 3.8) is 0 Å². The fourth-order valence-electron chi connectivity index (χ4n) is 3.76. The Morgan fingerprint density at radius 3 is 2.42 bits per heavy atom. The number of furan rings is 1. The highest BCUT2D eigenvalue weighted by atomic mass is 19.1. The van der Waals surface area contributed by atoms with Crippen LogP contribution in [0.1, 0.15) is 34.3 Å². The predicted molar refractivity (Wildman–Crippen MR) is 111 cm³/mol. The van der Waals surface area contributed by atoms with Gasteiger partial charge in [-0.15, -0.1) is 0 Å². The molecule has 1 atom stereocenters. The lowest BCUT2D eigenvalue weighted by Gasteiger charge is -2.24. The molecule has 5 nitrogen and oxygen atoms in total. The summed E-state index contributed by atoms with van der Waals surface area (Å²) < 4.78 is 34.2. The monoisotopic (exact) mass is 423 g/mol. The van der Waals surface area contributed by atoms with Gasteiger partial charge in [-0.2, -0.15) is 0 Å².